The number of benzene rings is 3. The lowest BCUT2D eigenvalue weighted by molar-refractivity contribution is -0.0680. The van der Waals surface area contributed by atoms with Crippen LogP contribution in [0.2, 0.25) is 0 Å². The van der Waals surface area contributed by atoms with Crippen LogP contribution in [-0.2, 0) is 16.9 Å². The number of aliphatic hydroxyl groups is 1. The number of nitrogens with zero attached hydrogens (tertiary/aromatic N) is 1. The third-order valence-corrected chi connectivity index (χ3v) is 6.70. The Morgan fingerprint density at radius 2 is 1.64 bits per heavy atom. The minimum Gasteiger partial charge on any atom is -0.438 e. The first kappa shape index (κ1) is 23.0. The molecule has 0 bridgehead atoms. The van der Waals surface area contributed by atoms with Crippen LogP contribution in [0.25, 0.3) is 11.1 Å². The van der Waals surface area contributed by atoms with E-state index in [2.05, 4.69) is 36.4 Å². The van der Waals surface area contributed by atoms with E-state index in [0.29, 0.717) is 32.4 Å². The maximum Gasteiger partial charge on any atom is 0.411 e. The normalized spacial score (nSPS) is 19.2. The van der Waals surface area contributed by atoms with Gasteiger partial charge in [0.2, 0.25) is 0 Å². The maximum atomic E-state index is 13.1. The summed E-state index contributed by atoms with van der Waals surface area (Å²) >= 11 is 0. The van der Waals surface area contributed by atoms with Gasteiger partial charge in [0, 0.05) is 26.1 Å². The Bertz CT molecular complexity index is 1050. The molecule has 1 aliphatic rings. The van der Waals surface area contributed by atoms with Gasteiger partial charge in [0.1, 0.15) is 5.60 Å². The van der Waals surface area contributed by atoms with Crippen molar-refractivity contribution in [1.82, 2.24) is 4.90 Å². The van der Waals surface area contributed by atoms with Crippen molar-refractivity contribution in [2.75, 3.05) is 13.2 Å². The first-order chi connectivity index (χ1) is 16.1. The summed E-state index contributed by atoms with van der Waals surface area (Å²) in [5.41, 5.74) is 10.4. The Balaban J connectivity index is 1.49. The van der Waals surface area contributed by atoms with Gasteiger partial charge in [0.15, 0.2) is 0 Å². The molecule has 1 saturated heterocycles. The highest BCUT2D eigenvalue weighted by atomic mass is 16.6. The fourth-order valence-corrected chi connectivity index (χ4v) is 4.62. The van der Waals surface area contributed by atoms with Gasteiger partial charge in [0.25, 0.3) is 0 Å². The lowest BCUT2D eigenvalue weighted by atomic mass is 9.84. The highest BCUT2D eigenvalue weighted by molar-refractivity contribution is 5.70. The largest absolute Gasteiger partial charge is 0.438 e. The average Bonchev–Trinajstić information content (AvgIpc) is 2.88. The molecule has 3 N–H and O–H groups in total. The molecule has 0 aromatic heterocycles. The minimum atomic E-state index is -0.684. The molecule has 1 aliphatic heterocycles. The van der Waals surface area contributed by atoms with Gasteiger partial charge in [-0.2, -0.15) is 0 Å². The molecule has 3 aromatic carbocycles. The molecule has 1 amide bonds. The summed E-state index contributed by atoms with van der Waals surface area (Å²) in [5.74, 6) is 0. The second kappa shape index (κ2) is 10.2. The predicted octanol–water partition coefficient (Wildman–Crippen LogP) is 5.38. The standard InChI is InChI=1S/C28H32N2O3/c1-21(23-12-14-25(15-13-23)24-10-8-22(20-29)9-11-24)30-18-17-28(16-5-19-31,33-27(30)32)26-6-3-2-4-7-26/h2-4,6-15,21,31H,5,16-20,29H2,1H3/t21-,28?/m0/s1. The quantitative estimate of drug-likeness (QED) is 0.489. The zero-order chi connectivity index (χ0) is 23.3. The second-order valence-corrected chi connectivity index (χ2v) is 8.70. The molecule has 0 saturated carbocycles. The fraction of sp³-hybridized carbons (Fsp3) is 0.321. The molecule has 1 heterocycles. The average molecular weight is 445 g/mol. The molecule has 0 aliphatic carbocycles. The van der Waals surface area contributed by atoms with Crippen LogP contribution in [0.1, 0.15) is 48.9 Å². The van der Waals surface area contributed by atoms with Crippen LogP contribution in [0.15, 0.2) is 78.9 Å². The summed E-state index contributed by atoms with van der Waals surface area (Å²) in [5, 5.41) is 9.39. The van der Waals surface area contributed by atoms with Gasteiger partial charge in [-0.05, 0) is 47.6 Å². The van der Waals surface area contributed by atoms with E-state index in [0.717, 1.165) is 27.8 Å². The number of amides is 1. The van der Waals surface area contributed by atoms with E-state index in [9.17, 15) is 9.90 Å². The van der Waals surface area contributed by atoms with E-state index in [1.807, 2.05) is 49.4 Å². The van der Waals surface area contributed by atoms with Crippen LogP contribution in [0.3, 0.4) is 0 Å². The molecule has 0 radical (unpaired) electrons. The van der Waals surface area contributed by atoms with Crippen molar-refractivity contribution in [3.05, 3.63) is 95.6 Å². The lowest BCUT2D eigenvalue weighted by Crippen LogP contribution is -2.48. The number of hydrogen-bond donors (Lipinski definition) is 2. The van der Waals surface area contributed by atoms with Crippen molar-refractivity contribution < 1.29 is 14.6 Å². The van der Waals surface area contributed by atoms with Crippen LogP contribution in [0, 0.1) is 0 Å². The Morgan fingerprint density at radius 3 is 2.21 bits per heavy atom. The molecule has 0 spiro atoms. The van der Waals surface area contributed by atoms with Crippen molar-refractivity contribution in [1.29, 1.82) is 0 Å². The molecule has 5 heteroatoms. The maximum absolute atomic E-state index is 13.1. The van der Waals surface area contributed by atoms with E-state index in [-0.39, 0.29) is 18.7 Å². The molecular formula is C28H32N2O3. The van der Waals surface area contributed by atoms with Crippen molar-refractivity contribution in [3.63, 3.8) is 0 Å². The minimum absolute atomic E-state index is 0.0769. The zero-order valence-electron chi connectivity index (χ0n) is 19.1. The van der Waals surface area contributed by atoms with E-state index < -0.39 is 5.60 Å². The Hall–Kier alpha value is -3.15. The second-order valence-electron chi connectivity index (χ2n) is 8.70. The Morgan fingerprint density at radius 1 is 1.00 bits per heavy atom. The topological polar surface area (TPSA) is 75.8 Å². The molecule has 1 unspecified atom stereocenters. The number of hydrogen-bond acceptors (Lipinski definition) is 4. The molecule has 1 fully saturated rings. The summed E-state index contributed by atoms with van der Waals surface area (Å²) in [6.07, 6.45) is 1.58. The van der Waals surface area contributed by atoms with Crippen molar-refractivity contribution in [2.45, 2.75) is 44.4 Å². The van der Waals surface area contributed by atoms with Gasteiger partial charge in [-0.15, -0.1) is 0 Å². The van der Waals surface area contributed by atoms with Crippen LogP contribution in [-0.4, -0.2) is 29.3 Å². The van der Waals surface area contributed by atoms with E-state index in [1.165, 1.54) is 0 Å². The van der Waals surface area contributed by atoms with Crippen LogP contribution in [0.4, 0.5) is 4.79 Å². The third-order valence-electron chi connectivity index (χ3n) is 6.70. The van der Waals surface area contributed by atoms with E-state index in [1.54, 1.807) is 4.90 Å². The van der Waals surface area contributed by atoms with Crippen LogP contribution in [0.5, 0.6) is 0 Å². The number of carbonyl (C=O) groups excluding carboxylic acids is 1. The smallest absolute Gasteiger partial charge is 0.411 e. The monoisotopic (exact) mass is 444 g/mol. The van der Waals surface area contributed by atoms with Crippen LogP contribution < -0.4 is 5.73 Å². The molecule has 2 atom stereocenters. The highest BCUT2D eigenvalue weighted by Crippen LogP contribution is 2.40. The first-order valence-corrected chi connectivity index (χ1v) is 11.6. The zero-order valence-corrected chi connectivity index (χ0v) is 19.1. The van der Waals surface area contributed by atoms with Crippen molar-refractivity contribution in [3.8, 4) is 11.1 Å². The number of rotatable bonds is 8. The molecule has 4 rings (SSSR count). The van der Waals surface area contributed by atoms with Gasteiger partial charge >= 0.3 is 6.09 Å². The highest BCUT2D eigenvalue weighted by Gasteiger charge is 2.43. The number of carbonyl (C=O) groups is 1. The van der Waals surface area contributed by atoms with E-state index in [4.69, 9.17) is 10.5 Å². The summed E-state index contributed by atoms with van der Waals surface area (Å²) in [7, 11) is 0. The van der Waals surface area contributed by atoms with Crippen molar-refractivity contribution in [2.24, 2.45) is 5.73 Å². The summed E-state index contributed by atoms with van der Waals surface area (Å²) in [6.45, 7) is 3.25. The molecule has 33 heavy (non-hydrogen) atoms. The van der Waals surface area contributed by atoms with Gasteiger partial charge in [0.05, 0.1) is 6.04 Å². The molecular weight excluding hydrogens is 412 g/mol. The van der Waals surface area contributed by atoms with Crippen LogP contribution >= 0.6 is 0 Å². The molecule has 5 nitrogen and oxygen atoms in total. The Kier molecular flexibility index (Phi) is 7.11. The summed E-state index contributed by atoms with van der Waals surface area (Å²) in [6, 6.07) is 26.4. The van der Waals surface area contributed by atoms with Gasteiger partial charge in [-0.25, -0.2) is 4.79 Å². The number of aliphatic hydroxyl groups excluding tert-OH is 1. The van der Waals surface area contributed by atoms with Gasteiger partial charge in [-0.3, -0.25) is 0 Å². The fourth-order valence-electron chi connectivity index (χ4n) is 4.62. The predicted molar refractivity (Wildman–Crippen MR) is 130 cm³/mol. The third kappa shape index (κ3) is 4.95. The Labute approximate surface area is 195 Å². The number of cyclic esters (lactones) is 1. The summed E-state index contributed by atoms with van der Waals surface area (Å²) < 4.78 is 6.10. The number of ether oxygens (including phenoxy) is 1. The van der Waals surface area contributed by atoms with Gasteiger partial charge in [-0.1, -0.05) is 78.9 Å². The molecule has 3 aromatic rings. The summed E-state index contributed by atoms with van der Waals surface area (Å²) in [4.78, 5) is 14.9. The first-order valence-electron chi connectivity index (χ1n) is 11.6. The number of nitrogens with two attached hydrogens (primary N) is 1. The van der Waals surface area contributed by atoms with Gasteiger partial charge < -0.3 is 20.5 Å². The lowest BCUT2D eigenvalue weighted by Gasteiger charge is -2.43. The van der Waals surface area contributed by atoms with Crippen molar-refractivity contribution >= 4 is 6.09 Å². The molecule has 172 valence electrons. The SMILES string of the molecule is C[C@@H](c1ccc(-c2ccc(CN)cc2)cc1)N1CCC(CCCO)(c2ccccc2)OC1=O. The van der Waals surface area contributed by atoms with E-state index >= 15 is 0 Å².